The maximum absolute atomic E-state index is 12.2. The molecule has 0 spiro atoms. The first-order chi connectivity index (χ1) is 13.8. The molecule has 1 saturated heterocycles. The van der Waals surface area contributed by atoms with Crippen LogP contribution in [0, 0.1) is 0 Å². The first-order valence-electron chi connectivity index (χ1n) is 8.44. The fourth-order valence-corrected chi connectivity index (χ4v) is 3.23. The highest BCUT2D eigenvalue weighted by Crippen LogP contribution is 2.29. The van der Waals surface area contributed by atoms with Gasteiger partial charge in [-0.25, -0.2) is 14.6 Å². The van der Waals surface area contributed by atoms with Gasteiger partial charge >= 0.3 is 11.9 Å². The summed E-state index contributed by atoms with van der Waals surface area (Å²) in [5.41, 5.74) is 1.17. The number of aromatic carboxylic acids is 1. The predicted octanol–water partition coefficient (Wildman–Crippen LogP) is 3.13. The third-order valence-corrected chi connectivity index (χ3v) is 4.70. The highest BCUT2D eigenvalue weighted by atomic mass is 32.2. The van der Waals surface area contributed by atoms with Crippen molar-refractivity contribution in [2.45, 2.75) is 13.0 Å². The van der Waals surface area contributed by atoms with Crippen molar-refractivity contribution in [2.24, 2.45) is 4.99 Å². The third kappa shape index (κ3) is 5.23. The molecule has 0 aromatic heterocycles. The molecule has 0 saturated carbocycles. The second kappa shape index (κ2) is 8.61. The van der Waals surface area contributed by atoms with Gasteiger partial charge in [0, 0.05) is 0 Å². The van der Waals surface area contributed by atoms with Crippen LogP contribution in [0.1, 0.15) is 22.8 Å². The predicted molar refractivity (Wildman–Crippen MR) is 108 cm³/mol. The summed E-state index contributed by atoms with van der Waals surface area (Å²) in [4.78, 5) is 38.9. The van der Waals surface area contributed by atoms with Gasteiger partial charge in [-0.05, 0) is 60.7 Å². The van der Waals surface area contributed by atoms with Crippen molar-refractivity contribution in [3.63, 3.8) is 0 Å². The molecule has 1 unspecified atom stereocenters. The zero-order valence-electron chi connectivity index (χ0n) is 15.2. The molecule has 148 valence electrons. The van der Waals surface area contributed by atoms with Crippen LogP contribution in [0.15, 0.2) is 58.4 Å². The molecule has 1 aliphatic heterocycles. The van der Waals surface area contributed by atoms with Gasteiger partial charge in [-0.1, -0.05) is 18.2 Å². The number of amidine groups is 1. The van der Waals surface area contributed by atoms with Crippen LogP contribution in [-0.2, 0) is 9.59 Å². The van der Waals surface area contributed by atoms with Crippen molar-refractivity contribution in [3.8, 4) is 5.75 Å². The number of carboxylic acid groups (broad SMARTS) is 2. The van der Waals surface area contributed by atoms with Gasteiger partial charge in [-0.3, -0.25) is 4.79 Å². The van der Waals surface area contributed by atoms with Crippen LogP contribution >= 0.6 is 11.8 Å². The van der Waals surface area contributed by atoms with Crippen LogP contribution in [0.5, 0.6) is 5.75 Å². The van der Waals surface area contributed by atoms with Gasteiger partial charge in [0.15, 0.2) is 11.3 Å². The lowest BCUT2D eigenvalue weighted by Crippen LogP contribution is -2.22. The Morgan fingerprint density at radius 2 is 1.93 bits per heavy atom. The highest BCUT2D eigenvalue weighted by molar-refractivity contribution is 8.18. The maximum Gasteiger partial charge on any atom is 0.344 e. The summed E-state index contributed by atoms with van der Waals surface area (Å²) in [6.45, 7) is 1.43. The van der Waals surface area contributed by atoms with E-state index in [0.29, 0.717) is 27.1 Å². The van der Waals surface area contributed by atoms with Crippen molar-refractivity contribution in [1.29, 1.82) is 0 Å². The van der Waals surface area contributed by atoms with E-state index in [9.17, 15) is 14.4 Å². The summed E-state index contributed by atoms with van der Waals surface area (Å²) in [5.74, 6) is -2.10. The number of aliphatic carboxylic acids is 1. The molecule has 29 heavy (non-hydrogen) atoms. The van der Waals surface area contributed by atoms with E-state index >= 15 is 0 Å². The van der Waals surface area contributed by atoms with E-state index in [-0.39, 0.29) is 11.5 Å². The topological polar surface area (TPSA) is 125 Å². The molecule has 0 aliphatic carbocycles. The van der Waals surface area contributed by atoms with Gasteiger partial charge in [-0.2, -0.15) is 0 Å². The van der Waals surface area contributed by atoms with E-state index in [1.807, 2.05) is 0 Å². The highest BCUT2D eigenvalue weighted by Gasteiger charge is 2.24. The second-order valence-corrected chi connectivity index (χ2v) is 7.04. The Labute approximate surface area is 169 Å². The largest absolute Gasteiger partial charge is 0.479 e. The molecule has 0 bridgehead atoms. The molecule has 9 heteroatoms. The summed E-state index contributed by atoms with van der Waals surface area (Å²) in [6.07, 6.45) is 0.636. The smallest absolute Gasteiger partial charge is 0.344 e. The van der Waals surface area contributed by atoms with Crippen LogP contribution < -0.4 is 10.1 Å². The molecule has 1 fully saturated rings. The fourth-order valence-electron chi connectivity index (χ4n) is 2.39. The maximum atomic E-state index is 12.2. The zero-order valence-corrected chi connectivity index (χ0v) is 16.0. The molecule has 3 N–H and O–H groups in total. The number of carbonyl (C=O) groups excluding carboxylic acids is 1. The summed E-state index contributed by atoms with van der Waals surface area (Å²) in [7, 11) is 0. The number of carbonyl (C=O) groups is 3. The molecule has 1 atom stereocenters. The van der Waals surface area contributed by atoms with Crippen LogP contribution in [-0.4, -0.2) is 39.3 Å². The van der Waals surface area contributed by atoms with E-state index in [0.717, 1.165) is 11.8 Å². The average Bonchev–Trinajstić information content (AvgIpc) is 3.01. The number of ether oxygens (including phenoxy) is 1. The zero-order chi connectivity index (χ0) is 21.0. The lowest BCUT2D eigenvalue weighted by molar-refractivity contribution is -0.144. The second-order valence-electron chi connectivity index (χ2n) is 6.01. The standard InChI is InChI=1S/C20H16N2O6S/c1-11(18(24)25)28-15-7-2-4-12(8-15)9-16-17(23)22-20(29-16)21-14-6-3-5-13(10-14)19(26)27/h2-11H,1H3,(H,24,25)(H,26,27)(H,21,22,23)/b16-9-. The van der Waals surface area contributed by atoms with Crippen LogP contribution in [0.3, 0.4) is 0 Å². The van der Waals surface area contributed by atoms with E-state index < -0.39 is 18.0 Å². The van der Waals surface area contributed by atoms with Crippen LogP contribution in [0.2, 0.25) is 0 Å². The summed E-state index contributed by atoms with van der Waals surface area (Å²) in [5, 5.41) is 20.9. The Morgan fingerprint density at radius 3 is 2.66 bits per heavy atom. The summed E-state index contributed by atoms with van der Waals surface area (Å²) < 4.78 is 5.33. The molecule has 3 rings (SSSR count). The number of amides is 1. The lowest BCUT2D eigenvalue weighted by Gasteiger charge is -2.10. The first kappa shape index (κ1) is 20.2. The molecule has 8 nitrogen and oxygen atoms in total. The van der Waals surface area contributed by atoms with Crippen molar-refractivity contribution in [3.05, 3.63) is 64.6 Å². The minimum Gasteiger partial charge on any atom is -0.479 e. The molecule has 0 radical (unpaired) electrons. The van der Waals surface area contributed by atoms with Crippen molar-refractivity contribution < 1.29 is 29.3 Å². The lowest BCUT2D eigenvalue weighted by atomic mass is 10.2. The van der Waals surface area contributed by atoms with E-state index in [1.165, 1.54) is 19.1 Å². The van der Waals surface area contributed by atoms with Gasteiger partial charge in [-0.15, -0.1) is 0 Å². The Balaban J connectivity index is 1.78. The van der Waals surface area contributed by atoms with Crippen molar-refractivity contribution in [2.75, 3.05) is 0 Å². The number of carboxylic acids is 2. The Morgan fingerprint density at radius 1 is 1.17 bits per heavy atom. The third-order valence-electron chi connectivity index (χ3n) is 3.79. The van der Waals surface area contributed by atoms with Crippen molar-refractivity contribution >= 4 is 46.5 Å². The number of hydrogen-bond acceptors (Lipinski definition) is 6. The molecule has 1 heterocycles. The monoisotopic (exact) mass is 412 g/mol. The van der Waals surface area contributed by atoms with Crippen LogP contribution in [0.25, 0.3) is 6.08 Å². The molecule has 1 aliphatic rings. The molecule has 2 aromatic carbocycles. The first-order valence-corrected chi connectivity index (χ1v) is 9.26. The van der Waals surface area contributed by atoms with Gasteiger partial charge in [0.05, 0.1) is 16.2 Å². The van der Waals surface area contributed by atoms with Crippen LogP contribution in [0.4, 0.5) is 5.69 Å². The fraction of sp³-hybridized carbons (Fsp3) is 0.100. The Hall–Kier alpha value is -3.59. The van der Waals surface area contributed by atoms with Gasteiger partial charge in [0.1, 0.15) is 5.75 Å². The number of rotatable bonds is 6. The van der Waals surface area contributed by atoms with E-state index in [2.05, 4.69) is 10.3 Å². The Bertz CT molecular complexity index is 1050. The van der Waals surface area contributed by atoms with Gasteiger partial charge in [0.2, 0.25) is 0 Å². The number of hydrogen-bond donors (Lipinski definition) is 3. The quantitative estimate of drug-likeness (QED) is 0.623. The van der Waals surface area contributed by atoms with E-state index in [1.54, 1.807) is 42.5 Å². The molecule has 1 amide bonds. The number of thioether (sulfide) groups is 1. The van der Waals surface area contributed by atoms with Gasteiger partial charge < -0.3 is 20.3 Å². The molecule has 2 aromatic rings. The van der Waals surface area contributed by atoms with Gasteiger partial charge in [0.25, 0.3) is 5.91 Å². The number of benzene rings is 2. The van der Waals surface area contributed by atoms with E-state index in [4.69, 9.17) is 14.9 Å². The normalized spacial score (nSPS) is 17.2. The average molecular weight is 412 g/mol. The SMILES string of the molecule is CC(Oc1cccc(/C=C2\SC(=Nc3cccc(C(=O)O)c3)NC2=O)c1)C(=O)O. The van der Waals surface area contributed by atoms with Crippen molar-refractivity contribution in [1.82, 2.24) is 5.32 Å². The Kier molecular flexibility index (Phi) is 5.99. The summed E-state index contributed by atoms with van der Waals surface area (Å²) >= 11 is 1.12. The molecular formula is C20H16N2O6S. The number of nitrogens with zero attached hydrogens (tertiary/aromatic N) is 1. The number of aliphatic imine (C=N–C) groups is 1. The minimum atomic E-state index is -1.08. The number of nitrogens with one attached hydrogen (secondary N) is 1. The minimum absolute atomic E-state index is 0.101. The summed E-state index contributed by atoms with van der Waals surface area (Å²) in [6, 6.07) is 12.8. The molecular weight excluding hydrogens is 396 g/mol.